The van der Waals surface area contributed by atoms with Crippen molar-refractivity contribution in [3.63, 3.8) is 0 Å². The first-order valence-corrected chi connectivity index (χ1v) is 8.22. The number of amides is 1. The van der Waals surface area contributed by atoms with Crippen LogP contribution in [0.4, 0.5) is 0 Å². The van der Waals surface area contributed by atoms with Crippen LogP contribution in [-0.2, 0) is 11.3 Å². The average Bonchev–Trinajstić information content (AvgIpc) is 2.53. The van der Waals surface area contributed by atoms with Crippen LogP contribution in [0.1, 0.15) is 57.9 Å². The molecule has 0 saturated heterocycles. The number of carbonyl (C=O) groups is 1. The lowest BCUT2D eigenvalue weighted by Gasteiger charge is -2.13. The maximum Gasteiger partial charge on any atom is 0.223 e. The zero-order valence-corrected chi connectivity index (χ0v) is 14.0. The SMILES string of the molecule is CCCCCCCC(C)C(=O)NCc1ccc(O)c(OC)c1. The van der Waals surface area contributed by atoms with Crippen LogP contribution >= 0.6 is 0 Å². The molecule has 1 unspecified atom stereocenters. The minimum atomic E-state index is 0.0423. The minimum absolute atomic E-state index is 0.0423. The van der Waals surface area contributed by atoms with Gasteiger partial charge in [-0.05, 0) is 24.1 Å². The fourth-order valence-electron chi connectivity index (χ4n) is 2.38. The van der Waals surface area contributed by atoms with Crippen LogP contribution in [0.2, 0.25) is 0 Å². The monoisotopic (exact) mass is 307 g/mol. The van der Waals surface area contributed by atoms with Crippen LogP contribution in [0.3, 0.4) is 0 Å². The van der Waals surface area contributed by atoms with E-state index in [9.17, 15) is 9.90 Å². The Labute approximate surface area is 133 Å². The fraction of sp³-hybridized carbons (Fsp3) is 0.611. The van der Waals surface area contributed by atoms with E-state index in [4.69, 9.17) is 4.74 Å². The van der Waals surface area contributed by atoms with Gasteiger partial charge in [-0.3, -0.25) is 4.79 Å². The lowest BCUT2D eigenvalue weighted by Crippen LogP contribution is -2.28. The van der Waals surface area contributed by atoms with E-state index in [1.54, 1.807) is 18.2 Å². The second-order valence-electron chi connectivity index (χ2n) is 5.83. The van der Waals surface area contributed by atoms with E-state index in [-0.39, 0.29) is 17.6 Å². The quantitative estimate of drug-likeness (QED) is 0.642. The predicted octanol–water partition coefficient (Wildman–Crippen LogP) is 4.01. The van der Waals surface area contributed by atoms with Crippen molar-refractivity contribution >= 4 is 5.91 Å². The Morgan fingerprint density at radius 3 is 2.68 bits per heavy atom. The first kappa shape index (κ1) is 18.3. The highest BCUT2D eigenvalue weighted by Crippen LogP contribution is 2.26. The molecular weight excluding hydrogens is 278 g/mol. The Hall–Kier alpha value is -1.71. The number of unbranched alkanes of at least 4 members (excludes halogenated alkanes) is 4. The first-order chi connectivity index (χ1) is 10.6. The minimum Gasteiger partial charge on any atom is -0.504 e. The number of methoxy groups -OCH3 is 1. The van der Waals surface area contributed by atoms with Crippen LogP contribution in [0.25, 0.3) is 0 Å². The summed E-state index contributed by atoms with van der Waals surface area (Å²) in [6.07, 6.45) is 7.05. The van der Waals surface area contributed by atoms with Crippen molar-refractivity contribution in [3.8, 4) is 11.5 Å². The number of nitrogens with one attached hydrogen (secondary N) is 1. The zero-order valence-electron chi connectivity index (χ0n) is 14.0. The van der Waals surface area contributed by atoms with Gasteiger partial charge >= 0.3 is 0 Å². The molecule has 0 saturated carbocycles. The Morgan fingerprint density at radius 1 is 1.27 bits per heavy atom. The molecule has 0 bridgehead atoms. The van der Waals surface area contributed by atoms with Crippen LogP contribution in [0.5, 0.6) is 11.5 Å². The largest absolute Gasteiger partial charge is 0.504 e. The molecule has 0 aliphatic heterocycles. The average molecular weight is 307 g/mol. The molecule has 0 heterocycles. The molecule has 0 aromatic heterocycles. The summed E-state index contributed by atoms with van der Waals surface area (Å²) in [6.45, 7) is 4.64. The van der Waals surface area contributed by atoms with Crippen molar-refractivity contribution < 1.29 is 14.6 Å². The maximum atomic E-state index is 12.1. The van der Waals surface area contributed by atoms with Crippen molar-refractivity contribution in [2.75, 3.05) is 7.11 Å². The van der Waals surface area contributed by atoms with Gasteiger partial charge in [0.2, 0.25) is 5.91 Å². The molecule has 1 atom stereocenters. The molecule has 4 nitrogen and oxygen atoms in total. The van der Waals surface area contributed by atoms with Crippen molar-refractivity contribution in [1.82, 2.24) is 5.32 Å². The van der Waals surface area contributed by atoms with Crippen molar-refractivity contribution in [1.29, 1.82) is 0 Å². The van der Waals surface area contributed by atoms with E-state index in [0.717, 1.165) is 18.4 Å². The van der Waals surface area contributed by atoms with Gasteiger partial charge in [0.1, 0.15) is 0 Å². The molecule has 0 aliphatic rings. The summed E-state index contributed by atoms with van der Waals surface area (Å²) >= 11 is 0. The number of hydrogen-bond donors (Lipinski definition) is 2. The Kier molecular flexibility index (Phi) is 8.41. The van der Waals surface area contributed by atoms with E-state index in [1.165, 1.54) is 32.8 Å². The number of benzene rings is 1. The smallest absolute Gasteiger partial charge is 0.223 e. The van der Waals surface area contributed by atoms with E-state index in [1.807, 2.05) is 6.92 Å². The highest BCUT2D eigenvalue weighted by atomic mass is 16.5. The molecule has 124 valence electrons. The van der Waals surface area contributed by atoms with Gasteiger partial charge in [0.05, 0.1) is 7.11 Å². The summed E-state index contributed by atoms with van der Waals surface area (Å²) in [5.41, 5.74) is 0.915. The molecule has 1 aromatic rings. The standard InChI is InChI=1S/C18H29NO3/c1-4-5-6-7-8-9-14(2)18(21)19-13-15-10-11-16(20)17(12-15)22-3/h10-12,14,20H,4-9,13H2,1-3H3,(H,19,21). The number of phenolic OH excluding ortho intramolecular Hbond substituents is 1. The summed E-state index contributed by atoms with van der Waals surface area (Å²) in [5.74, 6) is 0.664. The lowest BCUT2D eigenvalue weighted by molar-refractivity contribution is -0.124. The third-order valence-electron chi connectivity index (χ3n) is 3.90. The summed E-state index contributed by atoms with van der Waals surface area (Å²) in [4.78, 5) is 12.1. The van der Waals surface area contributed by atoms with Gasteiger partial charge in [0, 0.05) is 12.5 Å². The Balaban J connectivity index is 2.32. The van der Waals surface area contributed by atoms with Gasteiger partial charge in [-0.1, -0.05) is 52.0 Å². The number of aromatic hydroxyl groups is 1. The van der Waals surface area contributed by atoms with Gasteiger partial charge in [-0.15, -0.1) is 0 Å². The van der Waals surface area contributed by atoms with Crippen LogP contribution in [0, 0.1) is 5.92 Å². The number of phenols is 1. The molecule has 1 rings (SSSR count). The van der Waals surface area contributed by atoms with Gasteiger partial charge in [0.25, 0.3) is 0 Å². The Morgan fingerprint density at radius 2 is 2.00 bits per heavy atom. The van der Waals surface area contributed by atoms with Gasteiger partial charge in [0.15, 0.2) is 11.5 Å². The maximum absolute atomic E-state index is 12.1. The molecular formula is C18H29NO3. The lowest BCUT2D eigenvalue weighted by atomic mass is 10.0. The van der Waals surface area contributed by atoms with Crippen molar-refractivity contribution in [2.24, 2.45) is 5.92 Å². The van der Waals surface area contributed by atoms with E-state index >= 15 is 0 Å². The fourth-order valence-corrected chi connectivity index (χ4v) is 2.38. The number of ether oxygens (including phenoxy) is 1. The molecule has 22 heavy (non-hydrogen) atoms. The third-order valence-corrected chi connectivity index (χ3v) is 3.90. The van der Waals surface area contributed by atoms with Crippen molar-refractivity contribution in [2.45, 2.75) is 58.9 Å². The molecule has 0 radical (unpaired) electrons. The molecule has 1 aromatic carbocycles. The number of rotatable bonds is 10. The topological polar surface area (TPSA) is 58.6 Å². The molecule has 4 heteroatoms. The summed E-state index contributed by atoms with van der Waals surface area (Å²) in [7, 11) is 1.51. The molecule has 1 amide bonds. The van der Waals surface area contributed by atoms with Crippen LogP contribution in [-0.4, -0.2) is 18.1 Å². The van der Waals surface area contributed by atoms with Crippen LogP contribution < -0.4 is 10.1 Å². The highest BCUT2D eigenvalue weighted by Gasteiger charge is 2.12. The molecule has 0 fully saturated rings. The second-order valence-corrected chi connectivity index (χ2v) is 5.83. The molecule has 0 aliphatic carbocycles. The Bertz CT molecular complexity index is 460. The van der Waals surface area contributed by atoms with Gasteiger partial charge in [-0.2, -0.15) is 0 Å². The summed E-state index contributed by atoms with van der Waals surface area (Å²) in [6, 6.07) is 5.11. The van der Waals surface area contributed by atoms with E-state index in [2.05, 4.69) is 12.2 Å². The van der Waals surface area contributed by atoms with E-state index < -0.39 is 0 Å². The first-order valence-electron chi connectivity index (χ1n) is 8.22. The van der Waals surface area contributed by atoms with Crippen molar-refractivity contribution in [3.05, 3.63) is 23.8 Å². The zero-order chi connectivity index (χ0) is 16.4. The second kappa shape index (κ2) is 10.1. The molecule has 0 spiro atoms. The van der Waals surface area contributed by atoms with E-state index in [0.29, 0.717) is 12.3 Å². The van der Waals surface area contributed by atoms with Crippen LogP contribution in [0.15, 0.2) is 18.2 Å². The number of hydrogen-bond acceptors (Lipinski definition) is 3. The predicted molar refractivity (Wildman–Crippen MR) is 89.0 cm³/mol. The van der Waals surface area contributed by atoms with Gasteiger partial charge < -0.3 is 15.2 Å². The number of carbonyl (C=O) groups excluding carboxylic acids is 1. The highest BCUT2D eigenvalue weighted by molar-refractivity contribution is 5.78. The third kappa shape index (κ3) is 6.37. The summed E-state index contributed by atoms with van der Waals surface area (Å²) < 4.78 is 5.06. The van der Waals surface area contributed by atoms with Gasteiger partial charge in [-0.25, -0.2) is 0 Å². The normalized spacial score (nSPS) is 12.0. The summed E-state index contributed by atoms with van der Waals surface area (Å²) in [5, 5.41) is 12.5. The molecule has 2 N–H and O–H groups in total.